The van der Waals surface area contributed by atoms with Crippen LogP contribution in [0.1, 0.15) is 16.2 Å². The number of hydrogen-bond donors (Lipinski definition) is 2. The number of anilines is 1. The van der Waals surface area contributed by atoms with Gasteiger partial charge in [-0.15, -0.1) is 0 Å². The molecule has 1 aromatic carbocycles. The van der Waals surface area contributed by atoms with Gasteiger partial charge in [-0.05, 0) is 53.8 Å². The highest BCUT2D eigenvalue weighted by molar-refractivity contribution is 14.1. The van der Waals surface area contributed by atoms with Crippen molar-refractivity contribution in [1.29, 1.82) is 0 Å². The molecule has 0 aliphatic rings. The minimum absolute atomic E-state index is 0.308. The number of hydrogen-bond acceptors (Lipinski definition) is 2. The predicted molar refractivity (Wildman–Crippen MR) is 70.4 cm³/mol. The van der Waals surface area contributed by atoms with Gasteiger partial charge in [0.05, 0.1) is 5.69 Å². The number of aryl methyl sites for hydroxylation is 1. The molecule has 4 nitrogen and oxygen atoms in total. The number of carbonyl (C=O) groups excluding carboxylic acids is 1. The van der Waals surface area contributed by atoms with Gasteiger partial charge in [-0.1, -0.05) is 0 Å². The molecular formula is C11H9FIN3O. The first-order chi connectivity index (χ1) is 8.06. The molecule has 0 radical (unpaired) electrons. The second kappa shape index (κ2) is 4.82. The Bertz CT molecular complexity index is 568. The Balaban J connectivity index is 2.18. The SMILES string of the molecule is Cc1cc(C(=O)Nc2ccc(F)cc2I)n[nH]1. The monoisotopic (exact) mass is 345 g/mol. The smallest absolute Gasteiger partial charge is 0.276 e. The zero-order chi connectivity index (χ0) is 12.4. The molecule has 0 aliphatic carbocycles. The van der Waals surface area contributed by atoms with E-state index in [-0.39, 0.29) is 11.7 Å². The number of nitrogens with zero attached hydrogens (tertiary/aromatic N) is 1. The highest BCUT2D eigenvalue weighted by Crippen LogP contribution is 2.19. The normalized spacial score (nSPS) is 10.3. The summed E-state index contributed by atoms with van der Waals surface area (Å²) in [6, 6.07) is 5.82. The predicted octanol–water partition coefficient (Wildman–Crippen LogP) is 2.71. The Morgan fingerprint density at radius 3 is 2.82 bits per heavy atom. The molecule has 1 heterocycles. The first kappa shape index (κ1) is 12.0. The van der Waals surface area contributed by atoms with Crippen LogP contribution in [0.25, 0.3) is 0 Å². The number of aromatic nitrogens is 2. The van der Waals surface area contributed by atoms with Crippen LogP contribution in [0.3, 0.4) is 0 Å². The summed E-state index contributed by atoms with van der Waals surface area (Å²) in [6.45, 7) is 1.81. The summed E-state index contributed by atoms with van der Waals surface area (Å²) in [5, 5.41) is 9.20. The molecule has 0 unspecified atom stereocenters. The number of halogens is 2. The van der Waals surface area contributed by atoms with E-state index >= 15 is 0 Å². The average molecular weight is 345 g/mol. The molecular weight excluding hydrogens is 336 g/mol. The Kier molecular flexibility index (Phi) is 3.41. The lowest BCUT2D eigenvalue weighted by Gasteiger charge is -2.05. The van der Waals surface area contributed by atoms with Crippen molar-refractivity contribution < 1.29 is 9.18 Å². The molecule has 0 bridgehead atoms. The van der Waals surface area contributed by atoms with Crippen molar-refractivity contribution in [3.63, 3.8) is 0 Å². The van der Waals surface area contributed by atoms with Crippen molar-refractivity contribution >= 4 is 34.2 Å². The fraction of sp³-hybridized carbons (Fsp3) is 0.0909. The summed E-state index contributed by atoms with van der Waals surface area (Å²) < 4.78 is 13.5. The molecule has 0 fully saturated rings. The lowest BCUT2D eigenvalue weighted by atomic mass is 10.3. The molecule has 2 aromatic rings. The Morgan fingerprint density at radius 1 is 1.47 bits per heavy atom. The van der Waals surface area contributed by atoms with E-state index in [1.165, 1.54) is 18.2 Å². The van der Waals surface area contributed by atoms with E-state index in [1.54, 1.807) is 6.07 Å². The van der Waals surface area contributed by atoms with E-state index in [9.17, 15) is 9.18 Å². The standard InChI is InChI=1S/C11H9FIN3O/c1-6-4-10(16-15-6)11(17)14-9-3-2-7(12)5-8(9)13/h2-5H,1H3,(H,14,17)(H,15,16). The van der Waals surface area contributed by atoms with E-state index < -0.39 is 0 Å². The minimum atomic E-state index is -0.331. The van der Waals surface area contributed by atoms with Gasteiger partial charge >= 0.3 is 0 Å². The molecule has 88 valence electrons. The van der Waals surface area contributed by atoms with Crippen LogP contribution in [-0.2, 0) is 0 Å². The topological polar surface area (TPSA) is 57.8 Å². The number of rotatable bonds is 2. The Hall–Kier alpha value is -1.44. The number of benzene rings is 1. The van der Waals surface area contributed by atoms with Gasteiger partial charge in [0.15, 0.2) is 5.69 Å². The summed E-state index contributed by atoms with van der Waals surface area (Å²) in [7, 11) is 0. The molecule has 0 atom stereocenters. The maximum atomic E-state index is 12.9. The van der Waals surface area contributed by atoms with Crippen LogP contribution in [0.15, 0.2) is 24.3 Å². The van der Waals surface area contributed by atoms with E-state index in [0.717, 1.165) is 5.69 Å². The van der Waals surface area contributed by atoms with Gasteiger partial charge in [0.2, 0.25) is 0 Å². The second-order valence-electron chi connectivity index (χ2n) is 3.51. The number of aromatic amines is 1. The third-order valence-corrected chi connectivity index (χ3v) is 3.01. The van der Waals surface area contributed by atoms with Gasteiger partial charge in [0.1, 0.15) is 5.82 Å². The zero-order valence-electron chi connectivity index (χ0n) is 8.92. The van der Waals surface area contributed by atoms with Crippen LogP contribution < -0.4 is 5.32 Å². The van der Waals surface area contributed by atoms with Crippen molar-refractivity contribution in [2.45, 2.75) is 6.92 Å². The van der Waals surface area contributed by atoms with Gasteiger partial charge in [-0.2, -0.15) is 5.10 Å². The highest BCUT2D eigenvalue weighted by atomic mass is 127. The maximum absolute atomic E-state index is 12.9. The number of nitrogens with one attached hydrogen (secondary N) is 2. The lowest BCUT2D eigenvalue weighted by Crippen LogP contribution is -2.13. The molecule has 0 aliphatic heterocycles. The average Bonchev–Trinajstić information content (AvgIpc) is 2.69. The van der Waals surface area contributed by atoms with Crippen molar-refractivity contribution in [3.05, 3.63) is 45.0 Å². The molecule has 1 amide bonds. The first-order valence-corrected chi connectivity index (χ1v) is 5.92. The van der Waals surface area contributed by atoms with Crippen LogP contribution in [0.5, 0.6) is 0 Å². The minimum Gasteiger partial charge on any atom is -0.320 e. The summed E-state index contributed by atoms with van der Waals surface area (Å²) >= 11 is 1.96. The number of carbonyl (C=O) groups is 1. The summed E-state index contributed by atoms with van der Waals surface area (Å²) in [5.74, 6) is -0.651. The van der Waals surface area contributed by atoms with Crippen LogP contribution >= 0.6 is 22.6 Å². The maximum Gasteiger partial charge on any atom is 0.276 e. The van der Waals surface area contributed by atoms with Crippen LogP contribution in [0, 0.1) is 16.3 Å². The van der Waals surface area contributed by atoms with E-state index in [4.69, 9.17) is 0 Å². The Morgan fingerprint density at radius 2 is 2.24 bits per heavy atom. The molecule has 6 heteroatoms. The third-order valence-electron chi connectivity index (χ3n) is 2.12. The fourth-order valence-electron chi connectivity index (χ4n) is 1.31. The molecule has 1 aromatic heterocycles. The van der Waals surface area contributed by atoms with Gasteiger partial charge in [0.25, 0.3) is 5.91 Å². The molecule has 17 heavy (non-hydrogen) atoms. The van der Waals surface area contributed by atoms with Crippen LogP contribution in [-0.4, -0.2) is 16.1 Å². The van der Waals surface area contributed by atoms with Gasteiger partial charge in [0, 0.05) is 9.26 Å². The largest absolute Gasteiger partial charge is 0.320 e. The van der Waals surface area contributed by atoms with Crippen molar-refractivity contribution in [2.75, 3.05) is 5.32 Å². The van der Waals surface area contributed by atoms with Gasteiger partial charge in [-0.25, -0.2) is 4.39 Å². The summed E-state index contributed by atoms with van der Waals surface area (Å²) in [6.07, 6.45) is 0. The molecule has 0 saturated heterocycles. The number of H-pyrrole nitrogens is 1. The van der Waals surface area contributed by atoms with Crippen molar-refractivity contribution in [3.8, 4) is 0 Å². The molecule has 0 saturated carbocycles. The summed E-state index contributed by atoms with van der Waals surface area (Å²) in [4.78, 5) is 11.8. The quantitative estimate of drug-likeness (QED) is 0.823. The third kappa shape index (κ3) is 2.82. The van der Waals surface area contributed by atoms with Crippen LogP contribution in [0.4, 0.5) is 10.1 Å². The van der Waals surface area contributed by atoms with E-state index in [0.29, 0.717) is 15.0 Å². The van der Waals surface area contributed by atoms with E-state index in [2.05, 4.69) is 15.5 Å². The van der Waals surface area contributed by atoms with Crippen molar-refractivity contribution in [1.82, 2.24) is 10.2 Å². The van der Waals surface area contributed by atoms with E-state index in [1.807, 2.05) is 29.5 Å². The zero-order valence-corrected chi connectivity index (χ0v) is 11.1. The number of amides is 1. The lowest BCUT2D eigenvalue weighted by molar-refractivity contribution is 0.102. The van der Waals surface area contributed by atoms with Gasteiger partial charge in [-0.3, -0.25) is 9.89 Å². The fourth-order valence-corrected chi connectivity index (χ4v) is 1.92. The molecule has 2 N–H and O–H groups in total. The molecule has 0 spiro atoms. The van der Waals surface area contributed by atoms with Crippen molar-refractivity contribution in [2.24, 2.45) is 0 Å². The molecule has 2 rings (SSSR count). The second-order valence-corrected chi connectivity index (χ2v) is 4.68. The summed E-state index contributed by atoms with van der Waals surface area (Å²) in [5.41, 5.74) is 1.68. The first-order valence-electron chi connectivity index (χ1n) is 4.84. The van der Waals surface area contributed by atoms with Gasteiger partial charge < -0.3 is 5.32 Å². The highest BCUT2D eigenvalue weighted by Gasteiger charge is 2.11. The Labute approximate surface area is 111 Å². The van der Waals surface area contributed by atoms with Crippen LogP contribution in [0.2, 0.25) is 0 Å².